The number of hydrogen-bond donors (Lipinski definition) is 0. The van der Waals surface area contributed by atoms with Gasteiger partial charge in [-0.2, -0.15) is 8.78 Å². The van der Waals surface area contributed by atoms with Gasteiger partial charge in [-0.25, -0.2) is 4.90 Å². The zero-order valence-electron chi connectivity index (χ0n) is 7.92. The summed E-state index contributed by atoms with van der Waals surface area (Å²) in [4.78, 5) is 1.25. The summed E-state index contributed by atoms with van der Waals surface area (Å²) >= 11 is 0. The van der Waals surface area contributed by atoms with Gasteiger partial charge in [0, 0.05) is 18.7 Å². The summed E-state index contributed by atoms with van der Waals surface area (Å²) in [6, 6.07) is 5.23. The first-order valence-electron chi connectivity index (χ1n) is 4.89. The second kappa shape index (κ2) is 3.65. The first-order valence-corrected chi connectivity index (χ1v) is 4.89. The lowest BCUT2D eigenvalue weighted by atomic mass is 10.2. The minimum atomic E-state index is -2.79. The van der Waals surface area contributed by atoms with Crippen molar-refractivity contribution in [2.24, 2.45) is 0 Å². The Bertz CT molecular complexity index is 291. The highest BCUT2D eigenvalue weighted by molar-refractivity contribution is 5.19. The van der Waals surface area contributed by atoms with Crippen LogP contribution in [0, 0.1) is 0 Å². The quantitative estimate of drug-likeness (QED) is 0.659. The van der Waals surface area contributed by atoms with Gasteiger partial charge in [0.25, 0.3) is 0 Å². The maximum absolute atomic E-state index is 13.8. The first-order chi connectivity index (χ1) is 6.71. The lowest BCUT2D eigenvalue weighted by molar-refractivity contribution is -0.144. The van der Waals surface area contributed by atoms with Crippen molar-refractivity contribution in [3.63, 3.8) is 0 Å². The van der Waals surface area contributed by atoms with E-state index in [1.807, 2.05) is 0 Å². The molecule has 0 amide bonds. The summed E-state index contributed by atoms with van der Waals surface area (Å²) in [5, 5.41) is 0. The van der Waals surface area contributed by atoms with Crippen molar-refractivity contribution >= 4 is 0 Å². The van der Waals surface area contributed by atoms with E-state index < -0.39 is 6.05 Å². The Morgan fingerprint density at radius 1 is 1.00 bits per heavy atom. The van der Waals surface area contributed by atoms with Crippen LogP contribution in [0.5, 0.6) is 0 Å². The van der Waals surface area contributed by atoms with E-state index in [1.165, 1.54) is 17.0 Å². The Kier molecular flexibility index (Phi) is 2.50. The molecule has 0 bridgehead atoms. The first kappa shape index (κ1) is 9.59. The van der Waals surface area contributed by atoms with Crippen molar-refractivity contribution in [2.45, 2.75) is 18.9 Å². The zero-order chi connectivity index (χ0) is 10.0. The van der Waals surface area contributed by atoms with Gasteiger partial charge in [-0.3, -0.25) is 0 Å². The van der Waals surface area contributed by atoms with Crippen LogP contribution in [0.25, 0.3) is 0 Å². The van der Waals surface area contributed by atoms with Crippen LogP contribution in [-0.2, 0) is 6.05 Å². The van der Waals surface area contributed by atoms with E-state index in [-0.39, 0.29) is 5.56 Å². The molecule has 1 aliphatic heterocycles. The SMILES string of the molecule is FC(F)(c1ccccc1)N1CCCC1. The molecule has 1 heterocycles. The third-order valence-corrected chi connectivity index (χ3v) is 2.62. The van der Waals surface area contributed by atoms with Crippen LogP contribution >= 0.6 is 0 Å². The smallest absolute Gasteiger partial charge is 0.240 e. The number of nitrogens with zero attached hydrogens (tertiary/aromatic N) is 1. The van der Waals surface area contributed by atoms with E-state index in [9.17, 15) is 8.78 Å². The topological polar surface area (TPSA) is 3.24 Å². The molecule has 0 aliphatic carbocycles. The van der Waals surface area contributed by atoms with Crippen molar-refractivity contribution in [3.05, 3.63) is 35.9 Å². The van der Waals surface area contributed by atoms with Gasteiger partial charge in [0.05, 0.1) is 0 Å². The fourth-order valence-electron chi connectivity index (χ4n) is 1.82. The molecule has 0 saturated carbocycles. The molecular formula is C11H13F2N. The van der Waals surface area contributed by atoms with E-state index in [0.717, 1.165) is 12.8 Å². The molecule has 1 aliphatic rings. The third-order valence-electron chi connectivity index (χ3n) is 2.62. The van der Waals surface area contributed by atoms with Gasteiger partial charge < -0.3 is 0 Å². The summed E-state index contributed by atoms with van der Waals surface area (Å²) in [6.07, 6.45) is 1.75. The predicted molar refractivity (Wildman–Crippen MR) is 51.1 cm³/mol. The molecule has 3 heteroatoms. The Hall–Kier alpha value is -0.960. The van der Waals surface area contributed by atoms with Gasteiger partial charge in [0.2, 0.25) is 0 Å². The van der Waals surface area contributed by atoms with E-state index in [0.29, 0.717) is 13.1 Å². The van der Waals surface area contributed by atoms with Gasteiger partial charge in [-0.05, 0) is 12.8 Å². The minimum Gasteiger partial charge on any atom is -0.240 e. The fraction of sp³-hybridized carbons (Fsp3) is 0.455. The number of hydrogen-bond acceptors (Lipinski definition) is 1. The largest absolute Gasteiger partial charge is 0.331 e. The lowest BCUT2D eigenvalue weighted by Crippen LogP contribution is -2.36. The Labute approximate surface area is 82.3 Å². The van der Waals surface area contributed by atoms with Crippen LogP contribution < -0.4 is 0 Å². The molecule has 76 valence electrons. The van der Waals surface area contributed by atoms with Crippen molar-refractivity contribution in [1.29, 1.82) is 0 Å². The summed E-state index contributed by atoms with van der Waals surface area (Å²) in [5.74, 6) is 0. The molecule has 0 spiro atoms. The van der Waals surface area contributed by atoms with Crippen LogP contribution in [0.4, 0.5) is 8.78 Å². The average Bonchev–Trinajstić information content (AvgIpc) is 2.72. The number of likely N-dealkylation sites (tertiary alicyclic amines) is 1. The highest BCUT2D eigenvalue weighted by Crippen LogP contribution is 2.34. The number of benzene rings is 1. The summed E-state index contributed by atoms with van der Waals surface area (Å²) in [7, 11) is 0. The molecule has 1 aromatic rings. The van der Waals surface area contributed by atoms with Crippen LogP contribution in [0.2, 0.25) is 0 Å². The average molecular weight is 197 g/mol. The van der Waals surface area contributed by atoms with Gasteiger partial charge in [-0.1, -0.05) is 30.3 Å². The maximum Gasteiger partial charge on any atom is 0.331 e. The minimum absolute atomic E-state index is 0.0990. The van der Waals surface area contributed by atoms with Gasteiger partial charge >= 0.3 is 6.05 Å². The van der Waals surface area contributed by atoms with Gasteiger partial charge in [0.15, 0.2) is 0 Å². The standard InChI is InChI=1S/C11H13F2N/c12-11(13,14-8-4-5-9-14)10-6-2-1-3-7-10/h1-3,6-7H,4-5,8-9H2. The van der Waals surface area contributed by atoms with E-state index in [1.54, 1.807) is 18.2 Å². The zero-order valence-corrected chi connectivity index (χ0v) is 7.92. The van der Waals surface area contributed by atoms with Crippen LogP contribution in [0.1, 0.15) is 18.4 Å². The number of alkyl halides is 2. The molecule has 1 fully saturated rings. The number of halogens is 2. The Balaban J connectivity index is 2.22. The molecule has 14 heavy (non-hydrogen) atoms. The highest BCUT2D eigenvalue weighted by Gasteiger charge is 2.39. The normalized spacial score (nSPS) is 18.7. The second-order valence-corrected chi connectivity index (χ2v) is 3.60. The molecule has 0 unspecified atom stereocenters. The molecule has 1 saturated heterocycles. The van der Waals surface area contributed by atoms with Crippen molar-refractivity contribution in [1.82, 2.24) is 4.90 Å². The summed E-state index contributed by atoms with van der Waals surface area (Å²) in [6.45, 7) is 1.00. The van der Waals surface area contributed by atoms with Gasteiger partial charge in [-0.15, -0.1) is 0 Å². The Morgan fingerprint density at radius 2 is 1.57 bits per heavy atom. The summed E-state index contributed by atoms with van der Waals surface area (Å²) in [5.41, 5.74) is 0.0990. The molecule has 0 radical (unpaired) electrons. The molecule has 1 aromatic carbocycles. The maximum atomic E-state index is 13.8. The molecular weight excluding hydrogens is 184 g/mol. The molecule has 0 aromatic heterocycles. The monoisotopic (exact) mass is 197 g/mol. The Morgan fingerprint density at radius 3 is 2.14 bits per heavy atom. The van der Waals surface area contributed by atoms with E-state index in [2.05, 4.69) is 0 Å². The van der Waals surface area contributed by atoms with Crippen LogP contribution in [-0.4, -0.2) is 18.0 Å². The van der Waals surface area contributed by atoms with Crippen molar-refractivity contribution in [3.8, 4) is 0 Å². The summed E-state index contributed by atoms with van der Waals surface area (Å²) < 4.78 is 27.6. The molecule has 1 nitrogen and oxygen atoms in total. The predicted octanol–water partition coefficient (Wildman–Crippen LogP) is 2.83. The third kappa shape index (κ3) is 1.64. The molecule has 0 N–H and O–H groups in total. The van der Waals surface area contributed by atoms with Gasteiger partial charge in [0.1, 0.15) is 0 Å². The second-order valence-electron chi connectivity index (χ2n) is 3.60. The van der Waals surface area contributed by atoms with Crippen LogP contribution in [0.15, 0.2) is 30.3 Å². The highest BCUT2D eigenvalue weighted by atomic mass is 19.3. The molecule has 0 atom stereocenters. The lowest BCUT2D eigenvalue weighted by Gasteiger charge is -2.26. The fourth-order valence-corrected chi connectivity index (χ4v) is 1.82. The van der Waals surface area contributed by atoms with Crippen LogP contribution in [0.3, 0.4) is 0 Å². The van der Waals surface area contributed by atoms with Crippen molar-refractivity contribution < 1.29 is 8.78 Å². The number of rotatable bonds is 2. The van der Waals surface area contributed by atoms with E-state index >= 15 is 0 Å². The van der Waals surface area contributed by atoms with Crippen molar-refractivity contribution in [2.75, 3.05) is 13.1 Å². The molecule has 2 rings (SSSR count). The van der Waals surface area contributed by atoms with E-state index in [4.69, 9.17) is 0 Å².